The first-order valence-corrected chi connectivity index (χ1v) is 6.95. The summed E-state index contributed by atoms with van der Waals surface area (Å²) in [6.07, 6.45) is 0. The molecular formula is C15H13N3O3S. The number of benzene rings is 2. The van der Waals surface area contributed by atoms with Crippen molar-refractivity contribution in [3.05, 3.63) is 52.8 Å². The minimum absolute atomic E-state index is 0.146. The lowest BCUT2D eigenvalue weighted by atomic mass is 10.2. The van der Waals surface area contributed by atoms with Gasteiger partial charge in [0, 0.05) is 5.69 Å². The molecule has 3 aromatic rings. The summed E-state index contributed by atoms with van der Waals surface area (Å²) < 4.78 is 2.45. The highest BCUT2D eigenvalue weighted by atomic mass is 32.1. The second-order valence-electron chi connectivity index (χ2n) is 4.75. The number of aromatic nitrogens is 2. The van der Waals surface area contributed by atoms with Gasteiger partial charge in [0.1, 0.15) is 11.3 Å². The Balaban J connectivity index is 1.88. The number of para-hydroxylation sites is 2. The fraction of sp³-hybridized carbons (Fsp3) is 0.0667. The van der Waals surface area contributed by atoms with Crippen molar-refractivity contribution < 1.29 is 15.0 Å². The molecule has 0 unspecified atom stereocenters. The minimum Gasteiger partial charge on any atom is -0.507 e. The van der Waals surface area contributed by atoms with Crippen LogP contribution >= 0.6 is 12.2 Å². The molecule has 1 heterocycles. The number of phenols is 1. The van der Waals surface area contributed by atoms with E-state index in [0.717, 1.165) is 11.0 Å². The molecule has 22 heavy (non-hydrogen) atoms. The van der Waals surface area contributed by atoms with E-state index in [0.29, 0.717) is 17.1 Å². The van der Waals surface area contributed by atoms with Crippen LogP contribution in [-0.2, 0) is 6.67 Å². The zero-order chi connectivity index (χ0) is 15.7. The lowest BCUT2D eigenvalue weighted by molar-refractivity contribution is 0.0694. The quantitative estimate of drug-likeness (QED) is 0.438. The second kappa shape index (κ2) is 5.53. The Bertz CT molecular complexity index is 914. The molecule has 4 N–H and O–H groups in total. The van der Waals surface area contributed by atoms with Gasteiger partial charge in [-0.3, -0.25) is 4.57 Å². The summed E-state index contributed by atoms with van der Waals surface area (Å²) in [6, 6.07) is 12.1. The van der Waals surface area contributed by atoms with E-state index < -0.39 is 5.97 Å². The fourth-order valence-corrected chi connectivity index (χ4v) is 2.52. The average Bonchev–Trinajstić information content (AvgIpc) is 2.81. The summed E-state index contributed by atoms with van der Waals surface area (Å²) in [7, 11) is 0. The van der Waals surface area contributed by atoms with Crippen LogP contribution in [0.3, 0.4) is 0 Å². The number of fused-ring (bicyclic) bond motifs is 1. The van der Waals surface area contributed by atoms with Gasteiger partial charge < -0.3 is 20.5 Å². The van der Waals surface area contributed by atoms with Gasteiger partial charge in [-0.2, -0.15) is 0 Å². The third-order valence-corrected chi connectivity index (χ3v) is 3.67. The van der Waals surface area contributed by atoms with Crippen molar-refractivity contribution in [2.24, 2.45) is 0 Å². The number of nitrogens with zero attached hydrogens (tertiary/aromatic N) is 1. The molecule has 3 rings (SSSR count). The third-order valence-electron chi connectivity index (χ3n) is 3.35. The van der Waals surface area contributed by atoms with Crippen LogP contribution in [0.4, 0.5) is 5.69 Å². The Morgan fingerprint density at radius 3 is 2.82 bits per heavy atom. The number of hydrogen-bond acceptors (Lipinski definition) is 4. The molecule has 0 amide bonds. The molecule has 1 aromatic heterocycles. The van der Waals surface area contributed by atoms with E-state index in [1.165, 1.54) is 12.1 Å². The summed E-state index contributed by atoms with van der Waals surface area (Å²) in [5.74, 6) is -1.44. The molecule has 112 valence electrons. The van der Waals surface area contributed by atoms with Crippen LogP contribution in [0, 0.1) is 4.77 Å². The fourth-order valence-electron chi connectivity index (χ4n) is 2.25. The number of imidazole rings is 1. The largest absolute Gasteiger partial charge is 0.507 e. The van der Waals surface area contributed by atoms with Gasteiger partial charge in [-0.1, -0.05) is 12.1 Å². The highest BCUT2D eigenvalue weighted by Gasteiger charge is 2.10. The number of carboxylic acids is 1. The number of H-pyrrole nitrogens is 1. The maximum absolute atomic E-state index is 11.0. The molecule has 0 aliphatic heterocycles. The van der Waals surface area contributed by atoms with Crippen molar-refractivity contribution in [3.8, 4) is 5.75 Å². The number of hydrogen-bond donors (Lipinski definition) is 4. The minimum atomic E-state index is -1.18. The highest BCUT2D eigenvalue weighted by molar-refractivity contribution is 7.71. The van der Waals surface area contributed by atoms with Gasteiger partial charge in [0.15, 0.2) is 4.77 Å². The van der Waals surface area contributed by atoms with Gasteiger partial charge in [-0.15, -0.1) is 0 Å². The monoisotopic (exact) mass is 315 g/mol. The normalized spacial score (nSPS) is 10.7. The van der Waals surface area contributed by atoms with E-state index in [9.17, 15) is 9.90 Å². The third kappa shape index (κ3) is 2.53. The standard InChI is InChI=1S/C15H13N3O3S/c19-13-6-5-9(7-10(13)14(20)21)16-8-18-12-4-2-1-3-11(12)17-15(18)22/h1-7,16,19H,8H2,(H,17,22)(H,20,21). The highest BCUT2D eigenvalue weighted by Crippen LogP contribution is 2.22. The van der Waals surface area contributed by atoms with E-state index in [1.807, 2.05) is 28.8 Å². The maximum Gasteiger partial charge on any atom is 0.339 e. The van der Waals surface area contributed by atoms with Crippen LogP contribution in [-0.4, -0.2) is 25.7 Å². The zero-order valence-corrected chi connectivity index (χ0v) is 12.2. The van der Waals surface area contributed by atoms with Crippen molar-refractivity contribution in [2.75, 3.05) is 5.32 Å². The SMILES string of the molecule is O=C(O)c1cc(NCn2c(=S)[nH]c3ccccc32)ccc1O. The number of aromatic amines is 1. The topological polar surface area (TPSA) is 90.3 Å². The van der Waals surface area contributed by atoms with Crippen molar-refractivity contribution in [2.45, 2.75) is 6.67 Å². The average molecular weight is 315 g/mol. The van der Waals surface area contributed by atoms with Gasteiger partial charge in [0.2, 0.25) is 0 Å². The summed E-state index contributed by atoms with van der Waals surface area (Å²) in [5.41, 5.74) is 2.33. The van der Waals surface area contributed by atoms with Crippen molar-refractivity contribution in [1.29, 1.82) is 0 Å². The number of anilines is 1. The van der Waals surface area contributed by atoms with Gasteiger partial charge >= 0.3 is 5.97 Å². The molecule has 0 aliphatic carbocycles. The van der Waals surface area contributed by atoms with E-state index in [-0.39, 0.29) is 11.3 Å². The van der Waals surface area contributed by atoms with Crippen LogP contribution < -0.4 is 5.32 Å². The predicted octanol–water partition coefficient (Wildman–Crippen LogP) is 3.17. The number of aromatic hydroxyl groups is 1. The molecule has 0 atom stereocenters. The molecule has 0 saturated heterocycles. The predicted molar refractivity (Wildman–Crippen MR) is 85.8 cm³/mol. The van der Waals surface area contributed by atoms with Gasteiger partial charge in [0.25, 0.3) is 0 Å². The number of rotatable bonds is 4. The molecule has 0 bridgehead atoms. The van der Waals surface area contributed by atoms with E-state index in [2.05, 4.69) is 10.3 Å². The first-order valence-electron chi connectivity index (χ1n) is 6.54. The Morgan fingerprint density at radius 2 is 2.05 bits per heavy atom. The molecule has 0 aliphatic rings. The van der Waals surface area contributed by atoms with Crippen LogP contribution in [0.25, 0.3) is 11.0 Å². The molecule has 7 heteroatoms. The van der Waals surface area contributed by atoms with E-state index in [1.54, 1.807) is 6.07 Å². The molecule has 6 nitrogen and oxygen atoms in total. The summed E-state index contributed by atoms with van der Waals surface area (Å²) in [5, 5.41) is 21.6. The number of nitrogens with one attached hydrogen (secondary N) is 2. The first kappa shape index (κ1) is 14.2. The Labute approximate surface area is 130 Å². The van der Waals surface area contributed by atoms with Gasteiger partial charge in [-0.25, -0.2) is 4.79 Å². The number of carboxylic acid groups (broad SMARTS) is 1. The van der Waals surface area contributed by atoms with E-state index >= 15 is 0 Å². The Kier molecular flexibility index (Phi) is 3.56. The summed E-state index contributed by atoms with van der Waals surface area (Å²) in [6.45, 7) is 0.382. The van der Waals surface area contributed by atoms with Crippen LogP contribution in [0.2, 0.25) is 0 Å². The van der Waals surface area contributed by atoms with Gasteiger partial charge in [0.05, 0.1) is 17.7 Å². The summed E-state index contributed by atoms with van der Waals surface area (Å²) in [4.78, 5) is 14.1. The first-order chi connectivity index (χ1) is 10.6. The lowest BCUT2D eigenvalue weighted by Gasteiger charge is -2.10. The van der Waals surface area contributed by atoms with Crippen molar-refractivity contribution in [1.82, 2.24) is 9.55 Å². The number of aromatic carboxylic acids is 1. The molecule has 2 aromatic carbocycles. The second-order valence-corrected chi connectivity index (χ2v) is 5.13. The molecule has 0 spiro atoms. The Hall–Kier alpha value is -2.80. The van der Waals surface area contributed by atoms with Gasteiger partial charge in [-0.05, 0) is 42.5 Å². The van der Waals surface area contributed by atoms with Crippen molar-refractivity contribution >= 4 is 34.9 Å². The lowest BCUT2D eigenvalue weighted by Crippen LogP contribution is -2.08. The smallest absolute Gasteiger partial charge is 0.339 e. The maximum atomic E-state index is 11.0. The van der Waals surface area contributed by atoms with E-state index in [4.69, 9.17) is 17.3 Å². The Morgan fingerprint density at radius 1 is 1.27 bits per heavy atom. The molecule has 0 saturated carbocycles. The van der Waals surface area contributed by atoms with Crippen molar-refractivity contribution in [3.63, 3.8) is 0 Å². The summed E-state index contributed by atoms with van der Waals surface area (Å²) >= 11 is 5.29. The van der Waals surface area contributed by atoms with Crippen LogP contribution in [0.5, 0.6) is 5.75 Å². The molecule has 0 fully saturated rings. The zero-order valence-electron chi connectivity index (χ0n) is 11.4. The number of carbonyl (C=O) groups is 1. The molecular weight excluding hydrogens is 302 g/mol. The van der Waals surface area contributed by atoms with Crippen LogP contribution in [0.15, 0.2) is 42.5 Å². The van der Waals surface area contributed by atoms with Crippen LogP contribution in [0.1, 0.15) is 10.4 Å². The molecule has 0 radical (unpaired) electrons.